The normalized spacial score (nSPS) is 16.9. The molecule has 1 fully saturated rings. The van der Waals surface area contributed by atoms with Crippen LogP contribution in [0.5, 0.6) is 5.75 Å². The largest absolute Gasteiger partial charge is 0.497 e. The monoisotopic (exact) mass is 496 g/mol. The van der Waals surface area contributed by atoms with Crippen LogP contribution in [0, 0.1) is 6.92 Å². The predicted molar refractivity (Wildman–Crippen MR) is 141 cm³/mol. The molecule has 2 aromatic heterocycles. The first-order chi connectivity index (χ1) is 17.8. The number of nitrogens with one attached hydrogen (secondary N) is 2. The Labute approximate surface area is 214 Å². The Morgan fingerprint density at radius 3 is 2.54 bits per heavy atom. The number of hydrogen-bond donors (Lipinski definition) is 2. The van der Waals surface area contributed by atoms with Crippen molar-refractivity contribution in [2.45, 2.75) is 25.9 Å². The molecule has 4 aromatic rings. The van der Waals surface area contributed by atoms with Crippen LogP contribution in [0.2, 0.25) is 0 Å². The fraction of sp³-hybridized carbons (Fsp3) is 0.207. The van der Waals surface area contributed by atoms with E-state index in [2.05, 4.69) is 17.2 Å². The van der Waals surface area contributed by atoms with Gasteiger partial charge in [0.2, 0.25) is 0 Å². The van der Waals surface area contributed by atoms with E-state index in [0.717, 1.165) is 33.8 Å². The van der Waals surface area contributed by atoms with Gasteiger partial charge in [0.05, 0.1) is 19.3 Å². The molecule has 1 saturated heterocycles. The third-order valence-corrected chi connectivity index (χ3v) is 6.68. The summed E-state index contributed by atoms with van der Waals surface area (Å²) in [5.74, 6) is 0.588. The standard InChI is InChI=1S/C29H28N4O4/c1-18(2)33(16-21-10-11-22(36-4)14-19(21)3)17-29(27(34)31-28(35)32-29)26-15-24-25(37-26)13-12-23(30-24)20-8-6-5-7-9-20/h5-15H,1,16-17H2,2-4H3,(H2,31,32,34,35)/t29-/m0/s1. The molecule has 2 N–H and O–H groups in total. The van der Waals surface area contributed by atoms with Crippen molar-refractivity contribution in [3.05, 3.63) is 95.9 Å². The Morgan fingerprint density at radius 1 is 1.11 bits per heavy atom. The summed E-state index contributed by atoms with van der Waals surface area (Å²) in [4.78, 5) is 32.4. The first-order valence-electron chi connectivity index (χ1n) is 11.9. The lowest BCUT2D eigenvalue weighted by molar-refractivity contribution is -0.125. The van der Waals surface area contributed by atoms with Crippen molar-refractivity contribution in [1.29, 1.82) is 0 Å². The van der Waals surface area contributed by atoms with Gasteiger partial charge in [-0.15, -0.1) is 0 Å². The minimum Gasteiger partial charge on any atom is -0.497 e. The van der Waals surface area contributed by atoms with Crippen molar-refractivity contribution < 1.29 is 18.7 Å². The Morgan fingerprint density at radius 2 is 1.89 bits per heavy atom. The molecule has 5 rings (SSSR count). The highest BCUT2D eigenvalue weighted by Crippen LogP contribution is 2.33. The van der Waals surface area contributed by atoms with E-state index in [0.29, 0.717) is 23.4 Å². The van der Waals surface area contributed by atoms with Gasteiger partial charge in [-0.2, -0.15) is 0 Å². The Kier molecular flexibility index (Phi) is 6.17. The predicted octanol–water partition coefficient (Wildman–Crippen LogP) is 4.88. The molecular formula is C29H28N4O4. The number of furan rings is 1. The smallest absolute Gasteiger partial charge is 0.322 e. The fourth-order valence-electron chi connectivity index (χ4n) is 4.55. The number of carbonyl (C=O) groups excluding carboxylic acids is 2. The molecule has 0 aliphatic carbocycles. The van der Waals surface area contributed by atoms with E-state index in [1.165, 1.54) is 0 Å². The number of carbonyl (C=O) groups is 2. The number of fused-ring (bicyclic) bond motifs is 1. The Bertz CT molecular complexity index is 1510. The molecule has 8 heteroatoms. The average Bonchev–Trinajstić information content (AvgIpc) is 3.45. The van der Waals surface area contributed by atoms with Crippen LogP contribution in [0.3, 0.4) is 0 Å². The molecule has 188 valence electrons. The van der Waals surface area contributed by atoms with Gasteiger partial charge in [0.15, 0.2) is 11.1 Å². The van der Waals surface area contributed by atoms with Crippen molar-refractivity contribution in [1.82, 2.24) is 20.5 Å². The zero-order valence-electron chi connectivity index (χ0n) is 21.0. The second-order valence-electron chi connectivity index (χ2n) is 9.25. The van der Waals surface area contributed by atoms with E-state index in [4.69, 9.17) is 14.1 Å². The zero-order chi connectivity index (χ0) is 26.2. The van der Waals surface area contributed by atoms with Gasteiger partial charge in [0.1, 0.15) is 17.0 Å². The van der Waals surface area contributed by atoms with Gasteiger partial charge in [-0.3, -0.25) is 10.1 Å². The molecule has 1 aliphatic heterocycles. The Hall–Kier alpha value is -4.59. The molecule has 0 saturated carbocycles. The minimum atomic E-state index is -1.45. The minimum absolute atomic E-state index is 0.122. The summed E-state index contributed by atoms with van der Waals surface area (Å²) in [6, 6.07) is 20.5. The van der Waals surface area contributed by atoms with Gasteiger partial charge in [0.25, 0.3) is 5.91 Å². The molecule has 3 amide bonds. The van der Waals surface area contributed by atoms with Crippen LogP contribution < -0.4 is 15.4 Å². The Balaban J connectivity index is 1.52. The van der Waals surface area contributed by atoms with Crippen molar-refractivity contribution in [3.63, 3.8) is 0 Å². The van der Waals surface area contributed by atoms with Gasteiger partial charge in [-0.1, -0.05) is 43.0 Å². The van der Waals surface area contributed by atoms with E-state index in [-0.39, 0.29) is 6.54 Å². The molecule has 1 aliphatic rings. The van der Waals surface area contributed by atoms with Crippen LogP contribution in [-0.4, -0.2) is 35.5 Å². The summed E-state index contributed by atoms with van der Waals surface area (Å²) in [6.07, 6.45) is 0. The van der Waals surface area contributed by atoms with E-state index in [9.17, 15) is 9.59 Å². The quantitative estimate of drug-likeness (QED) is 0.338. The number of benzene rings is 2. The number of aromatic nitrogens is 1. The molecule has 8 nitrogen and oxygen atoms in total. The number of imide groups is 1. The SMILES string of the molecule is C=C(C)N(Cc1ccc(OC)cc1C)C[C@@]1(c2cc3nc(-c4ccccc4)ccc3o2)NC(=O)NC1=O. The molecule has 0 unspecified atom stereocenters. The van der Waals surface area contributed by atoms with Crippen molar-refractivity contribution >= 4 is 23.0 Å². The van der Waals surface area contributed by atoms with Crippen molar-refractivity contribution in [2.75, 3.05) is 13.7 Å². The van der Waals surface area contributed by atoms with Crippen molar-refractivity contribution in [2.24, 2.45) is 0 Å². The highest BCUT2D eigenvalue weighted by molar-refractivity contribution is 6.07. The lowest BCUT2D eigenvalue weighted by Crippen LogP contribution is -2.51. The third kappa shape index (κ3) is 4.53. The molecule has 1 atom stereocenters. The number of amides is 3. The van der Waals surface area contributed by atoms with Crippen molar-refractivity contribution in [3.8, 4) is 17.0 Å². The summed E-state index contributed by atoms with van der Waals surface area (Å²) in [5.41, 5.74) is 4.25. The summed E-state index contributed by atoms with van der Waals surface area (Å²) >= 11 is 0. The van der Waals surface area contributed by atoms with E-state index >= 15 is 0 Å². The topological polar surface area (TPSA) is 96.7 Å². The first kappa shape index (κ1) is 24.1. The first-order valence-corrected chi connectivity index (χ1v) is 11.9. The molecule has 0 spiro atoms. The maximum absolute atomic E-state index is 13.3. The van der Waals surface area contributed by atoms with Crippen LogP contribution in [0.1, 0.15) is 23.8 Å². The summed E-state index contributed by atoms with van der Waals surface area (Å²) in [6.45, 7) is 8.60. The number of rotatable bonds is 8. The molecule has 3 heterocycles. The zero-order valence-corrected chi connectivity index (χ0v) is 21.0. The number of aryl methyl sites for hydroxylation is 1. The molecule has 0 bridgehead atoms. The molecule has 37 heavy (non-hydrogen) atoms. The summed E-state index contributed by atoms with van der Waals surface area (Å²) in [7, 11) is 1.63. The van der Waals surface area contributed by atoms with Crippen LogP contribution in [0.15, 0.2) is 83.4 Å². The van der Waals surface area contributed by atoms with Gasteiger partial charge in [0, 0.05) is 23.9 Å². The molecular weight excluding hydrogens is 468 g/mol. The van der Waals surface area contributed by atoms with Gasteiger partial charge >= 0.3 is 6.03 Å². The number of allylic oxidation sites excluding steroid dienone is 1. The van der Waals surface area contributed by atoms with Crippen LogP contribution in [-0.2, 0) is 16.9 Å². The van der Waals surface area contributed by atoms with E-state index < -0.39 is 17.5 Å². The highest BCUT2D eigenvalue weighted by atomic mass is 16.5. The van der Waals surface area contributed by atoms with Gasteiger partial charge in [-0.25, -0.2) is 9.78 Å². The number of hydrogen-bond acceptors (Lipinski definition) is 6. The number of methoxy groups -OCH3 is 1. The third-order valence-electron chi connectivity index (χ3n) is 6.68. The average molecular weight is 497 g/mol. The van der Waals surface area contributed by atoms with Gasteiger partial charge < -0.3 is 19.4 Å². The van der Waals surface area contributed by atoms with Crippen LogP contribution >= 0.6 is 0 Å². The van der Waals surface area contributed by atoms with Gasteiger partial charge in [-0.05, 0) is 49.2 Å². The lowest BCUT2D eigenvalue weighted by Gasteiger charge is -2.33. The second kappa shape index (κ2) is 9.46. The van der Waals surface area contributed by atoms with Crippen LogP contribution in [0.4, 0.5) is 4.79 Å². The maximum atomic E-state index is 13.3. The summed E-state index contributed by atoms with van der Waals surface area (Å²) < 4.78 is 11.5. The lowest BCUT2D eigenvalue weighted by atomic mass is 9.94. The van der Waals surface area contributed by atoms with E-state index in [1.807, 2.05) is 79.4 Å². The number of nitrogens with zero attached hydrogens (tertiary/aromatic N) is 2. The molecule has 2 aromatic carbocycles. The number of ether oxygens (including phenoxy) is 1. The van der Waals surface area contributed by atoms with E-state index in [1.54, 1.807) is 13.2 Å². The summed E-state index contributed by atoms with van der Waals surface area (Å²) in [5, 5.41) is 5.20. The van der Waals surface area contributed by atoms with Crippen LogP contribution in [0.25, 0.3) is 22.4 Å². The molecule has 0 radical (unpaired) electrons. The maximum Gasteiger partial charge on any atom is 0.322 e. The fourth-order valence-corrected chi connectivity index (χ4v) is 4.55. The second-order valence-corrected chi connectivity index (χ2v) is 9.25. The number of urea groups is 1. The number of pyridine rings is 1. The highest BCUT2D eigenvalue weighted by Gasteiger charge is 2.51.